The lowest BCUT2D eigenvalue weighted by atomic mass is 10.2. The van der Waals surface area contributed by atoms with Gasteiger partial charge in [-0.3, -0.25) is 4.79 Å². The molecule has 0 radical (unpaired) electrons. The summed E-state index contributed by atoms with van der Waals surface area (Å²) in [5, 5.41) is 2.86. The first-order chi connectivity index (χ1) is 10.2. The quantitative estimate of drug-likeness (QED) is 0.801. The molecule has 1 amide bonds. The van der Waals surface area contributed by atoms with Crippen LogP contribution in [0.25, 0.3) is 11.0 Å². The van der Waals surface area contributed by atoms with E-state index >= 15 is 0 Å². The second-order valence-corrected chi connectivity index (χ2v) is 5.47. The van der Waals surface area contributed by atoms with Gasteiger partial charge >= 0.3 is 0 Å². The highest BCUT2D eigenvalue weighted by atomic mass is 16.3. The Hall–Kier alpha value is -2.56. The van der Waals surface area contributed by atoms with Crippen LogP contribution in [0.4, 0.5) is 5.69 Å². The van der Waals surface area contributed by atoms with Gasteiger partial charge in [-0.2, -0.15) is 0 Å². The predicted octanol–water partition coefficient (Wildman–Crippen LogP) is 3.30. The molecule has 1 aromatic carbocycles. The zero-order chi connectivity index (χ0) is 14.4. The second-order valence-electron chi connectivity index (χ2n) is 5.47. The van der Waals surface area contributed by atoms with Crippen LogP contribution in [0.3, 0.4) is 0 Å². The number of nitrogens with one attached hydrogen (secondary N) is 1. The summed E-state index contributed by atoms with van der Waals surface area (Å²) in [5.74, 6) is 1.57. The first-order valence-electron chi connectivity index (χ1n) is 7.02. The summed E-state index contributed by atoms with van der Waals surface area (Å²) < 4.78 is 7.07. The average Bonchev–Trinajstić information content (AvgIpc) is 3.06. The van der Waals surface area contributed by atoms with E-state index in [9.17, 15) is 4.79 Å². The normalized spacial score (nSPS) is 14.5. The van der Waals surface area contributed by atoms with Crippen molar-refractivity contribution >= 4 is 22.6 Å². The fourth-order valence-corrected chi connectivity index (χ4v) is 2.60. The third-order valence-electron chi connectivity index (χ3n) is 3.90. The van der Waals surface area contributed by atoms with Gasteiger partial charge in [-0.25, -0.2) is 4.98 Å². The lowest BCUT2D eigenvalue weighted by molar-refractivity contribution is 0.102. The molecule has 1 saturated carbocycles. The number of aryl methyl sites for hydroxylation is 1. The van der Waals surface area contributed by atoms with E-state index in [-0.39, 0.29) is 5.91 Å². The fraction of sp³-hybridized carbons (Fsp3) is 0.250. The number of aromatic nitrogens is 2. The lowest BCUT2D eigenvalue weighted by Gasteiger charge is -2.03. The van der Waals surface area contributed by atoms with Crippen molar-refractivity contribution in [3.05, 3.63) is 48.2 Å². The molecule has 0 atom stereocenters. The Morgan fingerprint density at radius 1 is 1.38 bits per heavy atom. The van der Waals surface area contributed by atoms with Gasteiger partial charge in [0.2, 0.25) is 0 Å². The highest BCUT2D eigenvalue weighted by Crippen LogP contribution is 2.40. The number of hydrogen-bond acceptors (Lipinski definition) is 3. The molecule has 106 valence electrons. The number of imidazole rings is 1. The van der Waals surface area contributed by atoms with Gasteiger partial charge in [0.25, 0.3) is 5.91 Å². The number of hydrogen-bond donors (Lipinski definition) is 1. The molecule has 4 rings (SSSR count). The number of benzene rings is 1. The zero-order valence-electron chi connectivity index (χ0n) is 11.7. The number of furan rings is 1. The molecule has 0 saturated heterocycles. The summed E-state index contributed by atoms with van der Waals surface area (Å²) in [6.45, 7) is 0. The maximum Gasteiger partial charge on any atom is 0.258 e. The van der Waals surface area contributed by atoms with Gasteiger partial charge in [-0.05, 0) is 37.1 Å². The highest BCUT2D eigenvalue weighted by molar-refractivity contribution is 6.04. The molecule has 5 heteroatoms. The summed E-state index contributed by atoms with van der Waals surface area (Å²) in [4.78, 5) is 16.7. The van der Waals surface area contributed by atoms with Gasteiger partial charge in [0.15, 0.2) is 0 Å². The summed E-state index contributed by atoms with van der Waals surface area (Å²) in [6.07, 6.45) is 5.36. The third kappa shape index (κ3) is 2.11. The molecule has 2 heterocycles. The van der Waals surface area contributed by atoms with Crippen molar-refractivity contribution < 1.29 is 9.21 Å². The topological polar surface area (TPSA) is 60.1 Å². The fourth-order valence-electron chi connectivity index (χ4n) is 2.60. The van der Waals surface area contributed by atoms with Crippen molar-refractivity contribution in [3.8, 4) is 0 Å². The first-order valence-corrected chi connectivity index (χ1v) is 7.02. The van der Waals surface area contributed by atoms with Crippen molar-refractivity contribution in [2.24, 2.45) is 7.05 Å². The van der Waals surface area contributed by atoms with Crippen LogP contribution in [0.5, 0.6) is 0 Å². The Balaban J connectivity index is 1.66. The minimum absolute atomic E-state index is 0.179. The molecule has 1 aliphatic rings. The summed E-state index contributed by atoms with van der Waals surface area (Å²) in [6, 6.07) is 7.46. The summed E-state index contributed by atoms with van der Waals surface area (Å²) in [7, 11) is 2.05. The van der Waals surface area contributed by atoms with Gasteiger partial charge in [0.05, 0.1) is 22.9 Å². The third-order valence-corrected chi connectivity index (χ3v) is 3.90. The number of nitrogens with zero attached hydrogens (tertiary/aromatic N) is 2. The standard InChI is InChI=1S/C16H15N3O2/c1-19-14-5-4-12(17-16(20)11-6-7-21-9-11)8-13(14)18-15(19)10-2-3-10/h4-10H,2-3H2,1H3,(H,17,20). The maximum atomic E-state index is 12.0. The van der Waals surface area contributed by atoms with Crippen molar-refractivity contribution in [1.29, 1.82) is 0 Å². The molecule has 0 bridgehead atoms. The summed E-state index contributed by atoms with van der Waals surface area (Å²) >= 11 is 0. The van der Waals surface area contributed by atoms with Crippen LogP contribution in [0.2, 0.25) is 0 Å². The average molecular weight is 281 g/mol. The van der Waals surface area contributed by atoms with E-state index in [1.54, 1.807) is 6.07 Å². The van der Waals surface area contributed by atoms with Crippen LogP contribution in [0, 0.1) is 0 Å². The minimum Gasteiger partial charge on any atom is -0.472 e. The SMILES string of the molecule is Cn1c(C2CC2)nc2cc(NC(=O)c3ccoc3)ccc21. The molecule has 21 heavy (non-hydrogen) atoms. The number of anilines is 1. The molecule has 1 aliphatic carbocycles. The number of carbonyl (C=O) groups is 1. The van der Waals surface area contributed by atoms with Crippen molar-refractivity contribution in [3.63, 3.8) is 0 Å². The highest BCUT2D eigenvalue weighted by Gasteiger charge is 2.28. The largest absolute Gasteiger partial charge is 0.472 e. The van der Waals surface area contributed by atoms with E-state index in [0.717, 1.165) is 22.5 Å². The Bertz CT molecular complexity index is 814. The van der Waals surface area contributed by atoms with Gasteiger partial charge in [0.1, 0.15) is 12.1 Å². The van der Waals surface area contributed by atoms with Crippen LogP contribution >= 0.6 is 0 Å². The Labute approximate surface area is 121 Å². The predicted molar refractivity (Wildman–Crippen MR) is 79.4 cm³/mol. The van der Waals surface area contributed by atoms with Crippen LogP contribution in [-0.4, -0.2) is 15.5 Å². The molecule has 1 N–H and O–H groups in total. The molecule has 2 aromatic heterocycles. The molecule has 5 nitrogen and oxygen atoms in total. The van der Waals surface area contributed by atoms with Gasteiger partial charge < -0.3 is 14.3 Å². The van der Waals surface area contributed by atoms with Crippen LogP contribution in [0.1, 0.15) is 34.9 Å². The molecule has 0 unspecified atom stereocenters. The summed E-state index contributed by atoms with van der Waals surface area (Å²) in [5.41, 5.74) is 3.27. The van der Waals surface area contributed by atoms with Crippen LogP contribution < -0.4 is 5.32 Å². The van der Waals surface area contributed by atoms with Crippen molar-refractivity contribution in [2.45, 2.75) is 18.8 Å². The molecule has 3 aromatic rings. The van der Waals surface area contributed by atoms with E-state index in [1.165, 1.54) is 25.4 Å². The Morgan fingerprint density at radius 2 is 2.24 bits per heavy atom. The molecular weight excluding hydrogens is 266 g/mol. The number of carbonyl (C=O) groups excluding carboxylic acids is 1. The minimum atomic E-state index is -0.179. The number of amides is 1. The zero-order valence-corrected chi connectivity index (χ0v) is 11.7. The van der Waals surface area contributed by atoms with Gasteiger partial charge in [-0.1, -0.05) is 0 Å². The number of fused-ring (bicyclic) bond motifs is 1. The van der Waals surface area contributed by atoms with E-state index in [0.29, 0.717) is 11.5 Å². The molecule has 1 fully saturated rings. The lowest BCUT2D eigenvalue weighted by Crippen LogP contribution is -2.10. The smallest absolute Gasteiger partial charge is 0.258 e. The van der Waals surface area contributed by atoms with Gasteiger partial charge in [0, 0.05) is 18.7 Å². The Morgan fingerprint density at radius 3 is 2.95 bits per heavy atom. The molecule has 0 spiro atoms. The Kier molecular flexibility index (Phi) is 2.60. The van der Waals surface area contributed by atoms with E-state index < -0.39 is 0 Å². The van der Waals surface area contributed by atoms with Crippen molar-refractivity contribution in [2.75, 3.05) is 5.32 Å². The van der Waals surface area contributed by atoms with Crippen molar-refractivity contribution in [1.82, 2.24) is 9.55 Å². The van der Waals surface area contributed by atoms with E-state index in [4.69, 9.17) is 9.40 Å². The first kappa shape index (κ1) is 12.2. The monoisotopic (exact) mass is 281 g/mol. The molecule has 0 aliphatic heterocycles. The maximum absolute atomic E-state index is 12.0. The van der Waals surface area contributed by atoms with Crippen LogP contribution in [0.15, 0.2) is 41.2 Å². The second kappa shape index (κ2) is 4.48. The van der Waals surface area contributed by atoms with Gasteiger partial charge in [-0.15, -0.1) is 0 Å². The van der Waals surface area contributed by atoms with E-state index in [1.807, 2.05) is 25.2 Å². The van der Waals surface area contributed by atoms with E-state index in [2.05, 4.69) is 9.88 Å². The van der Waals surface area contributed by atoms with Crippen LogP contribution in [-0.2, 0) is 7.05 Å². The number of rotatable bonds is 3. The molecular formula is C16H15N3O2.